The number of benzene rings is 1. The highest BCUT2D eigenvalue weighted by molar-refractivity contribution is 5.95. The van der Waals surface area contributed by atoms with Crippen LogP contribution in [0.15, 0.2) is 28.8 Å². The second-order valence-corrected chi connectivity index (χ2v) is 5.05. The van der Waals surface area contributed by atoms with E-state index in [2.05, 4.69) is 15.8 Å². The van der Waals surface area contributed by atoms with Gasteiger partial charge < -0.3 is 19.3 Å². The maximum absolute atomic E-state index is 12.1. The fraction of sp³-hybridized carbons (Fsp3) is 0.333. The predicted molar refractivity (Wildman–Crippen MR) is 80.4 cm³/mol. The van der Waals surface area contributed by atoms with E-state index in [1.54, 1.807) is 19.9 Å². The van der Waals surface area contributed by atoms with Crippen LogP contribution in [0, 0.1) is 6.92 Å². The van der Waals surface area contributed by atoms with Crippen LogP contribution in [0.5, 0.6) is 11.5 Å². The van der Waals surface area contributed by atoms with Gasteiger partial charge in [0.2, 0.25) is 11.8 Å². The maximum atomic E-state index is 12.1. The normalized spacial score (nSPS) is 14.3. The van der Waals surface area contributed by atoms with E-state index in [-0.39, 0.29) is 5.91 Å². The molecule has 0 saturated carbocycles. The molecule has 2 aromatic rings. The molecule has 1 unspecified atom stereocenters. The number of carbonyl (C=O) groups is 1. The molecule has 0 fully saturated rings. The summed E-state index contributed by atoms with van der Waals surface area (Å²) in [5.41, 5.74) is 1.49. The molecule has 2 N–H and O–H groups in total. The van der Waals surface area contributed by atoms with Crippen molar-refractivity contribution in [3.8, 4) is 11.5 Å². The lowest BCUT2D eigenvalue weighted by molar-refractivity contribution is -0.116. The molecule has 1 amide bonds. The smallest absolute Gasteiger partial charge is 0.248 e. The van der Waals surface area contributed by atoms with E-state index in [9.17, 15) is 4.79 Å². The van der Waals surface area contributed by atoms with E-state index in [0.29, 0.717) is 36.3 Å². The van der Waals surface area contributed by atoms with Crippen molar-refractivity contribution in [2.24, 2.45) is 0 Å². The Morgan fingerprint density at radius 3 is 2.73 bits per heavy atom. The Kier molecular flexibility index (Phi) is 3.86. The molecule has 0 saturated heterocycles. The van der Waals surface area contributed by atoms with Crippen LogP contribution in [-0.4, -0.2) is 30.3 Å². The first-order chi connectivity index (χ1) is 10.6. The summed E-state index contributed by atoms with van der Waals surface area (Å²) >= 11 is 0. The summed E-state index contributed by atoms with van der Waals surface area (Å²) in [5.74, 6) is 1.50. The molecule has 1 aromatic heterocycles. The quantitative estimate of drug-likeness (QED) is 0.900. The van der Waals surface area contributed by atoms with Gasteiger partial charge in [0.1, 0.15) is 19.3 Å². The van der Waals surface area contributed by atoms with Gasteiger partial charge >= 0.3 is 0 Å². The third-order valence-corrected chi connectivity index (χ3v) is 3.19. The van der Waals surface area contributed by atoms with Crippen molar-refractivity contribution in [1.82, 2.24) is 5.16 Å². The van der Waals surface area contributed by atoms with Crippen molar-refractivity contribution in [3.63, 3.8) is 0 Å². The van der Waals surface area contributed by atoms with Gasteiger partial charge in [-0.15, -0.1) is 0 Å². The molecule has 22 heavy (non-hydrogen) atoms. The zero-order valence-electron chi connectivity index (χ0n) is 12.4. The lowest BCUT2D eigenvalue weighted by Crippen LogP contribution is -2.31. The van der Waals surface area contributed by atoms with E-state index >= 15 is 0 Å². The van der Waals surface area contributed by atoms with Crippen LogP contribution in [-0.2, 0) is 4.79 Å². The first-order valence-corrected chi connectivity index (χ1v) is 7.02. The Bertz CT molecular complexity index is 683. The SMILES string of the molecule is Cc1cc(NC(=O)C(C)Nc2ccc3c(c2)OCCO3)on1. The number of ether oxygens (including phenoxy) is 2. The molecule has 7 nitrogen and oxygen atoms in total. The van der Waals surface area contributed by atoms with E-state index in [1.165, 1.54) is 0 Å². The van der Waals surface area contributed by atoms with Gasteiger partial charge in [-0.3, -0.25) is 10.1 Å². The van der Waals surface area contributed by atoms with Crippen LogP contribution < -0.4 is 20.1 Å². The summed E-state index contributed by atoms with van der Waals surface area (Å²) < 4.78 is 15.9. The molecule has 0 bridgehead atoms. The average molecular weight is 303 g/mol. The van der Waals surface area contributed by atoms with Crippen molar-refractivity contribution >= 4 is 17.5 Å². The summed E-state index contributed by atoms with van der Waals surface area (Å²) in [6, 6.07) is 6.69. The number of anilines is 2. The minimum absolute atomic E-state index is 0.217. The lowest BCUT2D eigenvalue weighted by Gasteiger charge is -2.20. The summed E-state index contributed by atoms with van der Waals surface area (Å²) in [5, 5.41) is 9.49. The molecular weight excluding hydrogens is 286 g/mol. The average Bonchev–Trinajstić information content (AvgIpc) is 2.92. The second-order valence-electron chi connectivity index (χ2n) is 5.05. The van der Waals surface area contributed by atoms with Crippen LogP contribution in [0.3, 0.4) is 0 Å². The Morgan fingerprint density at radius 1 is 1.23 bits per heavy atom. The fourth-order valence-corrected chi connectivity index (χ4v) is 2.10. The minimum Gasteiger partial charge on any atom is -0.486 e. The molecule has 3 rings (SSSR count). The van der Waals surface area contributed by atoms with Gasteiger partial charge in [0.05, 0.1) is 5.69 Å². The van der Waals surface area contributed by atoms with Gasteiger partial charge in [-0.2, -0.15) is 0 Å². The number of rotatable bonds is 4. The van der Waals surface area contributed by atoms with Crippen LogP contribution in [0.4, 0.5) is 11.6 Å². The largest absolute Gasteiger partial charge is 0.486 e. The van der Waals surface area contributed by atoms with Crippen molar-refractivity contribution in [2.45, 2.75) is 19.9 Å². The molecule has 2 heterocycles. The highest BCUT2D eigenvalue weighted by Gasteiger charge is 2.17. The van der Waals surface area contributed by atoms with Gasteiger partial charge in [-0.25, -0.2) is 0 Å². The number of fused-ring (bicyclic) bond motifs is 1. The standard InChI is InChI=1S/C15H17N3O4/c1-9-7-14(22-18-9)17-15(19)10(2)16-11-3-4-12-13(8-11)21-6-5-20-12/h3-4,7-8,10,16H,5-6H2,1-2H3,(H,17,19). The molecular formula is C15H17N3O4. The number of amides is 1. The number of nitrogens with zero attached hydrogens (tertiary/aromatic N) is 1. The zero-order valence-corrected chi connectivity index (χ0v) is 12.4. The minimum atomic E-state index is -0.451. The number of aromatic nitrogens is 1. The monoisotopic (exact) mass is 303 g/mol. The molecule has 0 aliphatic carbocycles. The Hall–Kier alpha value is -2.70. The maximum Gasteiger partial charge on any atom is 0.248 e. The van der Waals surface area contributed by atoms with E-state index < -0.39 is 6.04 Å². The number of nitrogens with one attached hydrogen (secondary N) is 2. The van der Waals surface area contributed by atoms with Crippen LogP contribution in [0.25, 0.3) is 0 Å². The van der Waals surface area contributed by atoms with E-state index in [1.807, 2.05) is 18.2 Å². The summed E-state index contributed by atoms with van der Waals surface area (Å²) in [4.78, 5) is 12.1. The zero-order chi connectivity index (χ0) is 15.5. The van der Waals surface area contributed by atoms with Gasteiger partial charge in [0.25, 0.3) is 0 Å². The highest BCUT2D eigenvalue weighted by atomic mass is 16.6. The van der Waals surface area contributed by atoms with Gasteiger partial charge in [-0.1, -0.05) is 5.16 Å². The van der Waals surface area contributed by atoms with Crippen molar-refractivity contribution < 1.29 is 18.8 Å². The van der Waals surface area contributed by atoms with Gasteiger partial charge in [-0.05, 0) is 26.0 Å². The third-order valence-electron chi connectivity index (χ3n) is 3.19. The van der Waals surface area contributed by atoms with Crippen molar-refractivity contribution in [2.75, 3.05) is 23.8 Å². The number of hydrogen-bond donors (Lipinski definition) is 2. The van der Waals surface area contributed by atoms with Crippen LogP contribution in [0.2, 0.25) is 0 Å². The summed E-state index contributed by atoms with van der Waals surface area (Å²) in [7, 11) is 0. The number of hydrogen-bond acceptors (Lipinski definition) is 6. The number of carbonyl (C=O) groups excluding carboxylic acids is 1. The second kappa shape index (κ2) is 5.97. The van der Waals surface area contributed by atoms with Crippen LogP contribution in [0.1, 0.15) is 12.6 Å². The molecule has 1 aliphatic rings. The van der Waals surface area contributed by atoms with E-state index in [0.717, 1.165) is 5.69 Å². The topological polar surface area (TPSA) is 85.6 Å². The first kappa shape index (κ1) is 14.2. The summed E-state index contributed by atoms with van der Waals surface area (Å²) in [6.07, 6.45) is 0. The molecule has 0 radical (unpaired) electrons. The lowest BCUT2D eigenvalue weighted by atomic mass is 10.2. The summed E-state index contributed by atoms with van der Waals surface area (Å²) in [6.45, 7) is 4.62. The van der Waals surface area contributed by atoms with Gasteiger partial charge in [0, 0.05) is 17.8 Å². The molecule has 0 spiro atoms. The van der Waals surface area contributed by atoms with Crippen molar-refractivity contribution in [3.05, 3.63) is 30.0 Å². The number of aryl methyl sites for hydroxylation is 1. The third kappa shape index (κ3) is 3.13. The fourth-order valence-electron chi connectivity index (χ4n) is 2.10. The molecule has 1 aromatic carbocycles. The van der Waals surface area contributed by atoms with Crippen molar-refractivity contribution in [1.29, 1.82) is 0 Å². The van der Waals surface area contributed by atoms with Crippen LogP contribution >= 0.6 is 0 Å². The predicted octanol–water partition coefficient (Wildman–Crippen LogP) is 2.19. The molecule has 7 heteroatoms. The Labute approximate surface area is 127 Å². The van der Waals surface area contributed by atoms with E-state index in [4.69, 9.17) is 14.0 Å². The Balaban J connectivity index is 1.63. The molecule has 1 atom stereocenters. The first-order valence-electron chi connectivity index (χ1n) is 7.02. The molecule has 116 valence electrons. The van der Waals surface area contributed by atoms with Gasteiger partial charge in [0.15, 0.2) is 11.5 Å². The molecule has 1 aliphatic heterocycles. The Morgan fingerprint density at radius 2 is 2.00 bits per heavy atom. The highest BCUT2D eigenvalue weighted by Crippen LogP contribution is 2.32.